The van der Waals surface area contributed by atoms with Crippen LogP contribution < -0.4 is 5.32 Å². The van der Waals surface area contributed by atoms with Crippen molar-refractivity contribution in [3.63, 3.8) is 0 Å². The molecule has 2 fully saturated rings. The minimum atomic E-state index is -0.300. The number of ketones is 1. The first-order valence-corrected chi connectivity index (χ1v) is 10.9. The summed E-state index contributed by atoms with van der Waals surface area (Å²) in [5, 5.41) is 3.10. The van der Waals surface area contributed by atoms with Crippen LogP contribution in [0.5, 0.6) is 0 Å². The fourth-order valence-corrected chi connectivity index (χ4v) is 4.53. The highest BCUT2D eigenvalue weighted by Crippen LogP contribution is 2.28. The summed E-state index contributed by atoms with van der Waals surface area (Å²) >= 11 is 0. The first-order chi connectivity index (χ1) is 13.9. The van der Waals surface area contributed by atoms with Crippen molar-refractivity contribution in [3.05, 3.63) is 35.6 Å². The summed E-state index contributed by atoms with van der Waals surface area (Å²) in [5.74, 6) is 0.654. The highest BCUT2D eigenvalue weighted by Gasteiger charge is 2.27. The van der Waals surface area contributed by atoms with Crippen LogP contribution >= 0.6 is 0 Å². The van der Waals surface area contributed by atoms with E-state index in [2.05, 4.69) is 10.2 Å². The molecule has 160 valence electrons. The number of likely N-dealkylation sites (tertiary alicyclic amines) is 1. The lowest BCUT2D eigenvalue weighted by molar-refractivity contribution is 0.0832. The number of carbonyl (C=O) groups excluding carboxylic acids is 2. The molecule has 6 heteroatoms. The molecule has 0 radical (unpaired) electrons. The fraction of sp³-hybridized carbons (Fsp3) is 0.652. The van der Waals surface area contributed by atoms with Gasteiger partial charge >= 0.3 is 6.03 Å². The van der Waals surface area contributed by atoms with E-state index in [0.717, 1.165) is 51.2 Å². The average molecular weight is 404 g/mol. The van der Waals surface area contributed by atoms with Crippen molar-refractivity contribution >= 4 is 11.8 Å². The number of hydrogen-bond acceptors (Lipinski definition) is 3. The van der Waals surface area contributed by atoms with E-state index < -0.39 is 0 Å². The van der Waals surface area contributed by atoms with Crippen LogP contribution in [0.3, 0.4) is 0 Å². The number of urea groups is 1. The second-order valence-electron chi connectivity index (χ2n) is 8.84. The van der Waals surface area contributed by atoms with Crippen LogP contribution in [0.2, 0.25) is 0 Å². The molecule has 29 heavy (non-hydrogen) atoms. The van der Waals surface area contributed by atoms with Crippen molar-refractivity contribution < 1.29 is 14.0 Å². The molecule has 1 aliphatic carbocycles. The van der Waals surface area contributed by atoms with Gasteiger partial charge in [0.2, 0.25) is 0 Å². The summed E-state index contributed by atoms with van der Waals surface area (Å²) in [4.78, 5) is 28.4. The Morgan fingerprint density at radius 1 is 1.03 bits per heavy atom. The van der Waals surface area contributed by atoms with E-state index in [9.17, 15) is 14.0 Å². The zero-order chi connectivity index (χ0) is 20.8. The molecule has 1 saturated carbocycles. The van der Waals surface area contributed by atoms with Gasteiger partial charge in [0.25, 0.3) is 0 Å². The van der Waals surface area contributed by atoms with Crippen molar-refractivity contribution in [1.82, 2.24) is 15.1 Å². The molecule has 0 bridgehead atoms. The Hall–Kier alpha value is -1.95. The molecule has 1 aromatic carbocycles. The molecule has 0 unspecified atom stereocenters. The van der Waals surface area contributed by atoms with Crippen LogP contribution in [-0.4, -0.2) is 61.4 Å². The minimum Gasteiger partial charge on any atom is -0.335 e. The molecule has 3 rings (SSSR count). The first-order valence-electron chi connectivity index (χ1n) is 10.9. The highest BCUT2D eigenvalue weighted by atomic mass is 19.1. The van der Waals surface area contributed by atoms with Crippen LogP contribution in [0.25, 0.3) is 0 Å². The van der Waals surface area contributed by atoms with Gasteiger partial charge in [0.15, 0.2) is 5.78 Å². The van der Waals surface area contributed by atoms with Gasteiger partial charge in [-0.15, -0.1) is 0 Å². The van der Waals surface area contributed by atoms with Crippen molar-refractivity contribution in [2.45, 2.75) is 51.0 Å². The lowest BCUT2D eigenvalue weighted by Gasteiger charge is -2.34. The van der Waals surface area contributed by atoms with Crippen molar-refractivity contribution in [2.75, 3.05) is 33.7 Å². The number of Topliss-reactive ketones (excluding diaryl/α,β-unsaturated/α-hetero) is 1. The minimum absolute atomic E-state index is 0.00602. The summed E-state index contributed by atoms with van der Waals surface area (Å²) in [6, 6.07) is 6.25. The lowest BCUT2D eigenvalue weighted by Crippen LogP contribution is -2.43. The predicted molar refractivity (Wildman–Crippen MR) is 112 cm³/mol. The Morgan fingerprint density at radius 3 is 2.24 bits per heavy atom. The molecule has 1 saturated heterocycles. The van der Waals surface area contributed by atoms with E-state index >= 15 is 0 Å². The molecule has 0 spiro atoms. The lowest BCUT2D eigenvalue weighted by atomic mass is 9.83. The van der Waals surface area contributed by atoms with E-state index in [1.54, 1.807) is 31.1 Å². The number of nitrogens with zero attached hydrogens (tertiary/aromatic N) is 2. The van der Waals surface area contributed by atoms with E-state index in [-0.39, 0.29) is 23.5 Å². The molecule has 0 atom stereocenters. The van der Waals surface area contributed by atoms with Gasteiger partial charge in [0.05, 0.1) is 0 Å². The van der Waals surface area contributed by atoms with Crippen molar-refractivity contribution in [1.29, 1.82) is 0 Å². The maximum atomic E-state index is 13.1. The van der Waals surface area contributed by atoms with Gasteiger partial charge in [0, 0.05) is 31.6 Å². The van der Waals surface area contributed by atoms with Crippen LogP contribution in [0.15, 0.2) is 24.3 Å². The predicted octanol–water partition coefficient (Wildman–Crippen LogP) is 3.94. The number of halogens is 1. The Labute approximate surface area is 173 Å². The van der Waals surface area contributed by atoms with Gasteiger partial charge in [0.1, 0.15) is 5.82 Å². The second kappa shape index (κ2) is 10.2. The number of benzene rings is 1. The zero-order valence-corrected chi connectivity index (χ0v) is 17.7. The molecular weight excluding hydrogens is 369 g/mol. The van der Waals surface area contributed by atoms with Crippen molar-refractivity contribution in [3.8, 4) is 0 Å². The maximum Gasteiger partial charge on any atom is 0.317 e. The third kappa shape index (κ3) is 6.26. The van der Waals surface area contributed by atoms with Crippen LogP contribution in [0, 0.1) is 17.7 Å². The van der Waals surface area contributed by atoms with Gasteiger partial charge in [-0.3, -0.25) is 4.79 Å². The Bertz CT molecular complexity index is 676. The number of hydrogen-bond donors (Lipinski definition) is 1. The molecule has 1 aromatic rings. The number of carbonyl (C=O) groups is 2. The molecular formula is C23H34FN3O2. The summed E-state index contributed by atoms with van der Waals surface area (Å²) in [6.07, 6.45) is 7.47. The summed E-state index contributed by atoms with van der Waals surface area (Å²) < 4.78 is 13.1. The fourth-order valence-electron chi connectivity index (χ4n) is 4.53. The maximum absolute atomic E-state index is 13.1. The summed E-state index contributed by atoms with van der Waals surface area (Å²) in [7, 11) is 3.55. The molecule has 1 aliphatic heterocycles. The second-order valence-corrected chi connectivity index (χ2v) is 8.84. The van der Waals surface area contributed by atoms with Gasteiger partial charge in [-0.25, -0.2) is 9.18 Å². The van der Waals surface area contributed by atoms with Gasteiger partial charge < -0.3 is 15.1 Å². The quantitative estimate of drug-likeness (QED) is 0.732. The number of nitrogens with one attached hydrogen (secondary N) is 1. The van der Waals surface area contributed by atoms with Crippen LogP contribution in [0.1, 0.15) is 55.3 Å². The van der Waals surface area contributed by atoms with Gasteiger partial charge in [-0.2, -0.15) is 0 Å². The molecule has 2 amide bonds. The molecule has 1 N–H and O–H groups in total. The van der Waals surface area contributed by atoms with Crippen LogP contribution in [-0.2, 0) is 0 Å². The number of amides is 2. The summed E-state index contributed by atoms with van der Waals surface area (Å²) in [6.45, 7) is 3.02. The largest absolute Gasteiger partial charge is 0.335 e. The standard InChI is InChI=1S/C23H34FN3O2/c1-26(2)23(29)25-21-9-3-17(4-10-21)11-14-27-15-12-19(13-16-27)22(28)18-5-7-20(24)8-6-18/h5-8,17,19,21H,3-4,9-16H2,1-2H3,(H,25,29)/t17-,21-. The summed E-state index contributed by atoms with van der Waals surface area (Å²) in [5.41, 5.74) is 0.628. The van der Waals surface area contributed by atoms with E-state index in [1.807, 2.05) is 0 Å². The monoisotopic (exact) mass is 403 g/mol. The van der Waals surface area contributed by atoms with E-state index in [4.69, 9.17) is 0 Å². The van der Waals surface area contributed by atoms with Gasteiger partial charge in [-0.1, -0.05) is 0 Å². The number of piperidine rings is 1. The topological polar surface area (TPSA) is 52.7 Å². The van der Waals surface area contributed by atoms with Gasteiger partial charge in [-0.05, 0) is 94.8 Å². The molecule has 2 aliphatic rings. The average Bonchev–Trinajstić information content (AvgIpc) is 2.73. The Kier molecular flexibility index (Phi) is 7.64. The van der Waals surface area contributed by atoms with E-state index in [1.165, 1.54) is 31.4 Å². The zero-order valence-electron chi connectivity index (χ0n) is 17.7. The number of rotatable bonds is 6. The van der Waals surface area contributed by atoms with Crippen LogP contribution in [0.4, 0.5) is 9.18 Å². The SMILES string of the molecule is CN(C)C(=O)N[C@H]1CC[C@H](CCN2CCC(C(=O)c3ccc(F)cc3)CC2)CC1. The highest BCUT2D eigenvalue weighted by molar-refractivity contribution is 5.97. The Balaban J connectivity index is 1.34. The third-order valence-corrected chi connectivity index (χ3v) is 6.52. The van der Waals surface area contributed by atoms with E-state index in [0.29, 0.717) is 11.6 Å². The normalized spacial score (nSPS) is 23.6. The van der Waals surface area contributed by atoms with Crippen molar-refractivity contribution in [2.24, 2.45) is 11.8 Å². The smallest absolute Gasteiger partial charge is 0.317 e. The molecule has 5 nitrogen and oxygen atoms in total. The third-order valence-electron chi connectivity index (χ3n) is 6.52. The first kappa shape index (κ1) is 21.8. The Morgan fingerprint density at radius 2 is 1.66 bits per heavy atom. The molecule has 1 heterocycles. The molecule has 0 aromatic heterocycles.